The second kappa shape index (κ2) is 7.68. The van der Waals surface area contributed by atoms with E-state index in [4.69, 9.17) is 0 Å². The molecule has 0 aliphatic rings. The van der Waals surface area contributed by atoms with Gasteiger partial charge >= 0.3 is 5.97 Å². The maximum Gasteiger partial charge on any atom is 0.346 e. The molecule has 1 aromatic rings. The average molecular weight is 323 g/mol. The highest BCUT2D eigenvalue weighted by Gasteiger charge is 2.23. The van der Waals surface area contributed by atoms with E-state index in [9.17, 15) is 14.7 Å². The van der Waals surface area contributed by atoms with Gasteiger partial charge in [0.05, 0.1) is 5.56 Å². The van der Waals surface area contributed by atoms with Crippen LogP contribution >= 0.6 is 11.3 Å². The molecule has 4 nitrogen and oxygen atoms in total. The van der Waals surface area contributed by atoms with Crippen molar-refractivity contribution in [2.24, 2.45) is 16.8 Å². The second-order valence-electron chi connectivity index (χ2n) is 5.99. The number of carboxylic acids is 1. The molecule has 0 amide bonds. The maximum atomic E-state index is 11.9. The quantitative estimate of drug-likeness (QED) is 0.559. The fraction of sp³-hybridized carbons (Fsp3) is 0.588. The summed E-state index contributed by atoms with van der Waals surface area (Å²) in [7, 11) is 0. The Morgan fingerprint density at radius 1 is 1.27 bits per heavy atom. The van der Waals surface area contributed by atoms with Gasteiger partial charge in [0, 0.05) is 5.71 Å². The minimum Gasteiger partial charge on any atom is -0.477 e. The number of thiophene rings is 1. The molecule has 1 unspecified atom stereocenters. The van der Waals surface area contributed by atoms with Gasteiger partial charge in [0.1, 0.15) is 9.88 Å². The summed E-state index contributed by atoms with van der Waals surface area (Å²) in [5.41, 5.74) is 1.94. The molecule has 0 bridgehead atoms. The highest BCUT2D eigenvalue weighted by Crippen LogP contribution is 2.36. The fourth-order valence-electron chi connectivity index (χ4n) is 2.77. The van der Waals surface area contributed by atoms with Gasteiger partial charge in [-0.1, -0.05) is 27.2 Å². The van der Waals surface area contributed by atoms with Crippen molar-refractivity contribution in [2.75, 3.05) is 0 Å². The van der Waals surface area contributed by atoms with Gasteiger partial charge in [-0.15, -0.1) is 11.3 Å². The lowest BCUT2D eigenvalue weighted by Gasteiger charge is -2.20. The zero-order valence-corrected chi connectivity index (χ0v) is 15.0. The Kier molecular flexibility index (Phi) is 6.48. The molecule has 122 valence electrons. The van der Waals surface area contributed by atoms with Gasteiger partial charge in [0.15, 0.2) is 5.78 Å². The Labute approximate surface area is 136 Å². The van der Waals surface area contributed by atoms with Gasteiger partial charge in [-0.05, 0) is 44.6 Å². The summed E-state index contributed by atoms with van der Waals surface area (Å²) < 4.78 is 0. The van der Waals surface area contributed by atoms with E-state index in [2.05, 4.69) is 25.8 Å². The van der Waals surface area contributed by atoms with Crippen LogP contribution in [0.15, 0.2) is 4.99 Å². The zero-order valence-electron chi connectivity index (χ0n) is 14.2. The first kappa shape index (κ1) is 18.6. The van der Waals surface area contributed by atoms with Gasteiger partial charge in [-0.25, -0.2) is 9.79 Å². The number of nitrogens with zero attached hydrogens (tertiary/aromatic N) is 1. The fourth-order valence-corrected chi connectivity index (χ4v) is 3.90. The third-order valence-electron chi connectivity index (χ3n) is 3.89. The Bertz CT molecular complexity index is 599. The van der Waals surface area contributed by atoms with E-state index in [1.807, 2.05) is 6.92 Å². The van der Waals surface area contributed by atoms with Gasteiger partial charge in [-0.2, -0.15) is 0 Å². The minimum absolute atomic E-state index is 0.135. The molecular formula is C17H25NO3S. The lowest BCUT2D eigenvalue weighted by atomic mass is 9.87. The van der Waals surface area contributed by atoms with E-state index in [1.54, 1.807) is 6.92 Å². The molecule has 0 aromatic carbocycles. The minimum atomic E-state index is -1.00. The van der Waals surface area contributed by atoms with Crippen molar-refractivity contribution in [3.8, 4) is 0 Å². The highest BCUT2D eigenvalue weighted by atomic mass is 32.1. The number of Topliss-reactive ketones (excluding diaryl/α,β-unsaturated/α-hetero) is 1. The van der Waals surface area contributed by atoms with Crippen molar-refractivity contribution in [3.63, 3.8) is 0 Å². The zero-order chi connectivity index (χ0) is 17.0. The van der Waals surface area contributed by atoms with Crippen molar-refractivity contribution in [2.45, 2.75) is 54.4 Å². The topological polar surface area (TPSA) is 66.7 Å². The van der Waals surface area contributed by atoms with Crippen LogP contribution in [-0.2, 0) is 0 Å². The molecule has 0 saturated carbocycles. The molecule has 1 N–H and O–H groups in total. The lowest BCUT2D eigenvalue weighted by Crippen LogP contribution is -2.17. The number of ketones is 1. The van der Waals surface area contributed by atoms with E-state index in [0.717, 1.165) is 29.9 Å². The van der Waals surface area contributed by atoms with Crippen molar-refractivity contribution in [3.05, 3.63) is 16.0 Å². The standard InChI is InChI=1S/C17H25NO3S/c1-7-8-13(9(2)3)11(5)18-16-14(12(6)19)10(4)15(22-16)17(20)21/h9,13H,7-8H2,1-6H3,(H,20,21)/b18-11+. The lowest BCUT2D eigenvalue weighted by molar-refractivity contribution is 0.0701. The number of carboxylic acid groups (broad SMARTS) is 1. The molecule has 0 radical (unpaired) electrons. The summed E-state index contributed by atoms with van der Waals surface area (Å²) in [5.74, 6) is -0.326. The third-order valence-corrected chi connectivity index (χ3v) is 5.07. The Morgan fingerprint density at radius 3 is 2.27 bits per heavy atom. The number of hydrogen-bond donors (Lipinski definition) is 1. The van der Waals surface area contributed by atoms with E-state index in [-0.39, 0.29) is 10.7 Å². The van der Waals surface area contributed by atoms with Crippen LogP contribution in [0.5, 0.6) is 0 Å². The van der Waals surface area contributed by atoms with Gasteiger partial charge < -0.3 is 5.11 Å². The van der Waals surface area contributed by atoms with Crippen LogP contribution in [0, 0.1) is 18.8 Å². The number of hydrogen-bond acceptors (Lipinski definition) is 4. The summed E-state index contributed by atoms with van der Waals surface area (Å²) >= 11 is 1.09. The van der Waals surface area contributed by atoms with Gasteiger partial charge in [-0.3, -0.25) is 4.79 Å². The maximum absolute atomic E-state index is 11.9. The molecule has 1 heterocycles. The summed E-state index contributed by atoms with van der Waals surface area (Å²) in [6.07, 6.45) is 2.11. The largest absolute Gasteiger partial charge is 0.477 e. The Morgan fingerprint density at radius 2 is 1.86 bits per heavy atom. The molecule has 1 aromatic heterocycles. The number of carbonyl (C=O) groups is 2. The van der Waals surface area contributed by atoms with Crippen molar-refractivity contribution in [1.82, 2.24) is 0 Å². The molecular weight excluding hydrogens is 298 g/mol. The Hall–Kier alpha value is -1.49. The highest BCUT2D eigenvalue weighted by molar-refractivity contribution is 7.18. The normalized spacial score (nSPS) is 13.5. The van der Waals surface area contributed by atoms with Crippen molar-refractivity contribution in [1.29, 1.82) is 0 Å². The van der Waals surface area contributed by atoms with E-state index in [1.165, 1.54) is 6.92 Å². The van der Waals surface area contributed by atoms with Crippen molar-refractivity contribution >= 4 is 33.8 Å². The first-order valence-electron chi connectivity index (χ1n) is 7.63. The van der Waals surface area contributed by atoms with E-state index < -0.39 is 5.97 Å². The molecule has 22 heavy (non-hydrogen) atoms. The average Bonchev–Trinajstić information content (AvgIpc) is 2.72. The molecule has 0 saturated heterocycles. The first-order chi connectivity index (χ1) is 10.2. The molecule has 5 heteroatoms. The summed E-state index contributed by atoms with van der Waals surface area (Å²) in [6, 6.07) is 0. The first-order valence-corrected chi connectivity index (χ1v) is 8.45. The van der Waals surface area contributed by atoms with Crippen LogP contribution in [0.1, 0.15) is 73.1 Å². The summed E-state index contributed by atoms with van der Waals surface area (Å²) in [4.78, 5) is 28.0. The van der Waals surface area contributed by atoms with Gasteiger partial charge in [0.2, 0.25) is 0 Å². The van der Waals surface area contributed by atoms with Crippen LogP contribution in [-0.4, -0.2) is 22.6 Å². The predicted octanol–water partition coefficient (Wildman–Crippen LogP) is 5.12. The molecule has 0 spiro atoms. The molecule has 0 aliphatic carbocycles. The third kappa shape index (κ3) is 4.03. The van der Waals surface area contributed by atoms with Crippen LogP contribution in [0.3, 0.4) is 0 Å². The van der Waals surface area contributed by atoms with Crippen molar-refractivity contribution < 1.29 is 14.7 Å². The SMILES string of the molecule is CCCC(/C(C)=N/c1sc(C(=O)O)c(C)c1C(C)=O)C(C)C. The number of aliphatic imine (C=N–C) groups is 1. The summed E-state index contributed by atoms with van der Waals surface area (Å²) in [5, 5.41) is 9.78. The molecule has 1 atom stereocenters. The second-order valence-corrected chi connectivity index (χ2v) is 6.99. The number of rotatable bonds is 7. The smallest absolute Gasteiger partial charge is 0.346 e. The van der Waals surface area contributed by atoms with Crippen LogP contribution in [0.25, 0.3) is 0 Å². The Balaban J connectivity index is 3.36. The van der Waals surface area contributed by atoms with Crippen LogP contribution in [0.4, 0.5) is 5.00 Å². The number of carbonyl (C=O) groups excluding carboxylic acids is 1. The predicted molar refractivity (Wildman–Crippen MR) is 92.0 cm³/mol. The molecule has 1 rings (SSSR count). The van der Waals surface area contributed by atoms with Gasteiger partial charge in [0.25, 0.3) is 0 Å². The number of aromatic carboxylic acids is 1. The monoisotopic (exact) mass is 323 g/mol. The molecule has 0 fully saturated rings. The van der Waals surface area contributed by atoms with Crippen LogP contribution in [0.2, 0.25) is 0 Å². The van der Waals surface area contributed by atoms with E-state index >= 15 is 0 Å². The molecule has 0 aliphatic heterocycles. The van der Waals surface area contributed by atoms with Crippen LogP contribution < -0.4 is 0 Å². The van der Waals surface area contributed by atoms with E-state index in [0.29, 0.717) is 28.0 Å². The summed E-state index contributed by atoms with van der Waals surface area (Å²) in [6.45, 7) is 11.6.